The van der Waals surface area contributed by atoms with Crippen LogP contribution in [0.25, 0.3) is 10.9 Å². The Hall–Kier alpha value is -2.32. The van der Waals surface area contributed by atoms with Crippen LogP contribution in [0.2, 0.25) is 0 Å². The van der Waals surface area contributed by atoms with Gasteiger partial charge in [-0.25, -0.2) is 0 Å². The fourth-order valence-corrected chi connectivity index (χ4v) is 2.27. The number of hydrogen-bond acceptors (Lipinski definition) is 4. The Kier molecular flexibility index (Phi) is 4.96. The second-order valence-electron chi connectivity index (χ2n) is 4.93. The number of unbranched alkanes of at least 4 members (excludes halogenated alkanes) is 1. The minimum absolute atomic E-state index is 0.192. The monoisotopic (exact) mass is 285 g/mol. The zero-order chi connectivity index (χ0) is 15.2. The van der Waals surface area contributed by atoms with Crippen molar-refractivity contribution in [2.24, 2.45) is 5.73 Å². The largest absolute Gasteiger partial charge is 0.465 e. The van der Waals surface area contributed by atoms with E-state index in [0.29, 0.717) is 12.2 Å². The van der Waals surface area contributed by atoms with Crippen LogP contribution >= 0.6 is 0 Å². The number of hydrogen-bond donors (Lipinski definition) is 2. The van der Waals surface area contributed by atoms with E-state index in [9.17, 15) is 4.79 Å². The third kappa shape index (κ3) is 3.23. The molecule has 5 nitrogen and oxygen atoms in total. The molecule has 21 heavy (non-hydrogen) atoms. The van der Waals surface area contributed by atoms with Crippen LogP contribution < -0.4 is 5.73 Å². The molecule has 1 aromatic heterocycles. The standard InChI is InChI=1S/C16H19N3O2/c1-2-3-6-21-16(20)13(9-18)14-10-19-15-7-11(8-17)4-5-12(14)15/h4-5,7,10,13,19H,2-3,6,9,18H2,1H3. The average molecular weight is 285 g/mol. The van der Waals surface area contributed by atoms with E-state index in [2.05, 4.69) is 11.1 Å². The first-order chi connectivity index (χ1) is 10.2. The first-order valence-corrected chi connectivity index (χ1v) is 7.09. The quantitative estimate of drug-likeness (QED) is 0.629. The van der Waals surface area contributed by atoms with Crippen LogP contribution in [-0.4, -0.2) is 24.1 Å². The van der Waals surface area contributed by atoms with Crippen LogP contribution in [0.15, 0.2) is 24.4 Å². The Morgan fingerprint density at radius 1 is 1.52 bits per heavy atom. The van der Waals surface area contributed by atoms with E-state index in [-0.39, 0.29) is 12.5 Å². The second-order valence-corrected chi connectivity index (χ2v) is 4.93. The lowest BCUT2D eigenvalue weighted by Crippen LogP contribution is -2.24. The maximum Gasteiger partial charge on any atom is 0.314 e. The predicted octanol–water partition coefficient (Wildman–Crippen LogP) is 2.43. The molecule has 1 unspecified atom stereocenters. The Morgan fingerprint density at radius 2 is 2.33 bits per heavy atom. The zero-order valence-electron chi connectivity index (χ0n) is 12.1. The summed E-state index contributed by atoms with van der Waals surface area (Å²) in [6.45, 7) is 2.66. The third-order valence-corrected chi connectivity index (χ3v) is 3.48. The van der Waals surface area contributed by atoms with Gasteiger partial charge in [-0.3, -0.25) is 4.79 Å². The molecule has 0 saturated heterocycles. The van der Waals surface area contributed by atoms with Crippen molar-refractivity contribution in [3.05, 3.63) is 35.5 Å². The summed E-state index contributed by atoms with van der Waals surface area (Å²) in [7, 11) is 0. The van der Waals surface area contributed by atoms with Crippen LogP contribution in [-0.2, 0) is 9.53 Å². The Morgan fingerprint density at radius 3 is 3.00 bits per heavy atom. The van der Waals surface area contributed by atoms with Gasteiger partial charge in [-0.15, -0.1) is 0 Å². The molecule has 5 heteroatoms. The highest BCUT2D eigenvalue weighted by Gasteiger charge is 2.23. The highest BCUT2D eigenvalue weighted by Crippen LogP contribution is 2.27. The summed E-state index contributed by atoms with van der Waals surface area (Å²) in [6, 6.07) is 7.42. The van der Waals surface area contributed by atoms with E-state index in [1.807, 2.05) is 13.0 Å². The summed E-state index contributed by atoms with van der Waals surface area (Å²) < 4.78 is 5.27. The number of aromatic amines is 1. The van der Waals surface area contributed by atoms with Crippen molar-refractivity contribution in [3.63, 3.8) is 0 Å². The maximum absolute atomic E-state index is 12.1. The van der Waals surface area contributed by atoms with Crippen LogP contribution in [0.3, 0.4) is 0 Å². The zero-order valence-corrected chi connectivity index (χ0v) is 12.1. The van der Waals surface area contributed by atoms with Crippen molar-refractivity contribution in [2.45, 2.75) is 25.7 Å². The van der Waals surface area contributed by atoms with Gasteiger partial charge in [0.05, 0.1) is 24.2 Å². The van der Waals surface area contributed by atoms with Crippen LogP contribution in [0.1, 0.15) is 36.8 Å². The number of benzene rings is 1. The number of nitrogens with two attached hydrogens (primary N) is 1. The predicted molar refractivity (Wildman–Crippen MR) is 80.7 cm³/mol. The average Bonchev–Trinajstić information content (AvgIpc) is 2.91. The number of ether oxygens (including phenoxy) is 1. The van der Waals surface area contributed by atoms with Crippen LogP contribution in [0.4, 0.5) is 0 Å². The number of esters is 1. The number of aromatic nitrogens is 1. The normalized spacial score (nSPS) is 12.0. The van der Waals surface area contributed by atoms with E-state index in [1.165, 1.54) is 0 Å². The molecular formula is C16H19N3O2. The van der Waals surface area contributed by atoms with Gasteiger partial charge < -0.3 is 15.5 Å². The number of nitriles is 1. The van der Waals surface area contributed by atoms with Gasteiger partial charge in [-0.2, -0.15) is 5.26 Å². The summed E-state index contributed by atoms with van der Waals surface area (Å²) in [6.07, 6.45) is 3.59. The summed E-state index contributed by atoms with van der Waals surface area (Å²) in [4.78, 5) is 15.2. The van der Waals surface area contributed by atoms with Crippen molar-refractivity contribution in [1.82, 2.24) is 4.98 Å². The number of nitrogens with one attached hydrogen (secondary N) is 1. The van der Waals surface area contributed by atoms with E-state index in [4.69, 9.17) is 15.7 Å². The van der Waals surface area contributed by atoms with Crippen molar-refractivity contribution in [2.75, 3.05) is 13.2 Å². The molecule has 0 saturated carbocycles. The number of rotatable bonds is 6. The maximum atomic E-state index is 12.1. The summed E-state index contributed by atoms with van der Waals surface area (Å²) in [5, 5.41) is 9.81. The van der Waals surface area contributed by atoms with E-state index in [1.54, 1.807) is 18.3 Å². The number of nitrogens with zero attached hydrogens (tertiary/aromatic N) is 1. The molecule has 2 aromatic rings. The lowest BCUT2D eigenvalue weighted by Gasteiger charge is -2.13. The molecule has 2 rings (SSSR count). The van der Waals surface area contributed by atoms with Crippen molar-refractivity contribution in [3.8, 4) is 6.07 Å². The lowest BCUT2D eigenvalue weighted by atomic mass is 9.98. The number of fused-ring (bicyclic) bond motifs is 1. The van der Waals surface area contributed by atoms with Gasteiger partial charge in [-0.1, -0.05) is 19.4 Å². The van der Waals surface area contributed by atoms with Gasteiger partial charge in [0.25, 0.3) is 0 Å². The molecule has 0 aliphatic heterocycles. The topological polar surface area (TPSA) is 91.9 Å². The molecule has 0 bridgehead atoms. The summed E-state index contributed by atoms with van der Waals surface area (Å²) in [5.74, 6) is -0.778. The fourth-order valence-electron chi connectivity index (χ4n) is 2.27. The summed E-state index contributed by atoms with van der Waals surface area (Å²) in [5.41, 5.74) is 7.96. The highest BCUT2D eigenvalue weighted by molar-refractivity contribution is 5.90. The van der Waals surface area contributed by atoms with Gasteiger partial charge >= 0.3 is 5.97 Å². The van der Waals surface area contributed by atoms with Crippen molar-refractivity contribution < 1.29 is 9.53 Å². The third-order valence-electron chi connectivity index (χ3n) is 3.48. The van der Waals surface area contributed by atoms with Crippen molar-refractivity contribution >= 4 is 16.9 Å². The SMILES string of the molecule is CCCCOC(=O)C(CN)c1c[nH]c2cc(C#N)ccc12. The minimum atomic E-state index is -0.483. The molecule has 0 radical (unpaired) electrons. The summed E-state index contributed by atoms with van der Waals surface area (Å²) >= 11 is 0. The van der Waals surface area contributed by atoms with Crippen LogP contribution in [0, 0.1) is 11.3 Å². The fraction of sp³-hybridized carbons (Fsp3) is 0.375. The van der Waals surface area contributed by atoms with Crippen molar-refractivity contribution in [1.29, 1.82) is 5.26 Å². The molecule has 3 N–H and O–H groups in total. The van der Waals surface area contributed by atoms with Gasteiger partial charge in [0.15, 0.2) is 0 Å². The molecule has 1 atom stereocenters. The molecule has 0 spiro atoms. The molecule has 1 aromatic carbocycles. The van der Waals surface area contributed by atoms with Gasteiger partial charge in [0.2, 0.25) is 0 Å². The molecule has 0 amide bonds. The second kappa shape index (κ2) is 6.91. The van der Waals surface area contributed by atoms with Gasteiger partial charge in [-0.05, 0) is 24.1 Å². The molecule has 0 aliphatic carbocycles. The first kappa shape index (κ1) is 15.1. The lowest BCUT2D eigenvalue weighted by molar-refractivity contribution is -0.145. The molecular weight excluding hydrogens is 266 g/mol. The first-order valence-electron chi connectivity index (χ1n) is 7.09. The van der Waals surface area contributed by atoms with Crippen LogP contribution in [0.5, 0.6) is 0 Å². The Bertz CT molecular complexity index is 670. The number of H-pyrrole nitrogens is 1. The number of carbonyl (C=O) groups excluding carboxylic acids is 1. The minimum Gasteiger partial charge on any atom is -0.465 e. The van der Waals surface area contributed by atoms with Gasteiger partial charge in [0, 0.05) is 23.6 Å². The molecule has 1 heterocycles. The van der Waals surface area contributed by atoms with E-state index >= 15 is 0 Å². The van der Waals surface area contributed by atoms with Gasteiger partial charge in [0.1, 0.15) is 0 Å². The van der Waals surface area contributed by atoms with E-state index in [0.717, 1.165) is 29.3 Å². The molecule has 0 fully saturated rings. The Balaban J connectivity index is 2.26. The molecule has 0 aliphatic rings. The van der Waals surface area contributed by atoms with E-state index < -0.39 is 5.92 Å². The highest BCUT2D eigenvalue weighted by atomic mass is 16.5. The Labute approximate surface area is 123 Å². The molecule has 110 valence electrons. The smallest absolute Gasteiger partial charge is 0.314 e. The number of carbonyl (C=O) groups is 1.